The van der Waals surface area contributed by atoms with Crippen LogP contribution < -0.4 is 5.14 Å². The van der Waals surface area contributed by atoms with Crippen molar-refractivity contribution in [1.29, 1.82) is 0 Å². The standard InChI is InChI=1S/C8H17IN2O2S/c1-6(2)11-4-3-7(5-8(11)9)14(10,12)13/h6-8H,3-5H2,1-2H3,(H2,10,12,13). The summed E-state index contributed by atoms with van der Waals surface area (Å²) in [4.78, 5) is 2.31. The van der Waals surface area contributed by atoms with E-state index in [1.54, 1.807) is 0 Å². The Morgan fingerprint density at radius 2 is 2.07 bits per heavy atom. The van der Waals surface area contributed by atoms with Crippen molar-refractivity contribution in [2.45, 2.75) is 42.0 Å². The number of rotatable bonds is 2. The fraction of sp³-hybridized carbons (Fsp3) is 1.00. The zero-order chi connectivity index (χ0) is 10.9. The van der Waals surface area contributed by atoms with Gasteiger partial charge in [0, 0.05) is 12.6 Å². The van der Waals surface area contributed by atoms with Gasteiger partial charge in [0.25, 0.3) is 0 Å². The second kappa shape index (κ2) is 4.63. The van der Waals surface area contributed by atoms with Crippen molar-refractivity contribution in [3.05, 3.63) is 0 Å². The van der Waals surface area contributed by atoms with E-state index in [0.29, 0.717) is 18.9 Å². The third-order valence-corrected chi connectivity index (χ3v) is 5.24. The summed E-state index contributed by atoms with van der Waals surface area (Å²) in [5.74, 6) is 0. The van der Waals surface area contributed by atoms with Gasteiger partial charge >= 0.3 is 0 Å². The van der Waals surface area contributed by atoms with E-state index in [-0.39, 0.29) is 9.30 Å². The quantitative estimate of drug-likeness (QED) is 0.464. The van der Waals surface area contributed by atoms with Crippen molar-refractivity contribution in [3.8, 4) is 0 Å². The predicted molar refractivity (Wildman–Crippen MR) is 65.8 cm³/mol. The molecule has 6 heteroatoms. The first kappa shape index (κ1) is 12.7. The number of primary sulfonamides is 1. The molecule has 1 aliphatic heterocycles. The second-order valence-corrected chi connectivity index (χ2v) is 7.28. The molecule has 0 aromatic rings. The number of nitrogens with zero attached hydrogens (tertiary/aromatic N) is 1. The van der Waals surface area contributed by atoms with Crippen molar-refractivity contribution in [2.75, 3.05) is 6.54 Å². The van der Waals surface area contributed by atoms with Gasteiger partial charge < -0.3 is 0 Å². The van der Waals surface area contributed by atoms with E-state index < -0.39 is 10.0 Å². The smallest absolute Gasteiger partial charge is 0.212 e. The Morgan fingerprint density at radius 3 is 2.43 bits per heavy atom. The molecule has 1 saturated heterocycles. The molecule has 0 bridgehead atoms. The summed E-state index contributed by atoms with van der Waals surface area (Å²) in [5.41, 5.74) is 0. The van der Waals surface area contributed by atoms with Crippen molar-refractivity contribution < 1.29 is 8.42 Å². The minimum atomic E-state index is -3.34. The molecule has 1 fully saturated rings. The molecule has 0 aliphatic carbocycles. The molecule has 84 valence electrons. The van der Waals surface area contributed by atoms with Crippen LogP contribution in [0.1, 0.15) is 26.7 Å². The number of sulfonamides is 1. The van der Waals surface area contributed by atoms with Gasteiger partial charge in [-0.15, -0.1) is 0 Å². The van der Waals surface area contributed by atoms with Crippen LogP contribution in [0.15, 0.2) is 0 Å². The van der Waals surface area contributed by atoms with Crippen LogP contribution in [-0.4, -0.2) is 35.2 Å². The van der Waals surface area contributed by atoms with Gasteiger partial charge in [-0.1, -0.05) is 22.6 Å². The van der Waals surface area contributed by atoms with Gasteiger partial charge in [-0.3, -0.25) is 4.90 Å². The molecule has 0 radical (unpaired) electrons. The van der Waals surface area contributed by atoms with Crippen molar-refractivity contribution in [3.63, 3.8) is 0 Å². The zero-order valence-electron chi connectivity index (χ0n) is 8.48. The van der Waals surface area contributed by atoms with E-state index >= 15 is 0 Å². The Hall–Kier alpha value is 0.600. The third-order valence-electron chi connectivity index (χ3n) is 2.65. The summed E-state index contributed by atoms with van der Waals surface area (Å²) >= 11 is 2.30. The molecule has 0 aromatic heterocycles. The second-order valence-electron chi connectivity index (χ2n) is 4.00. The first-order valence-electron chi connectivity index (χ1n) is 4.74. The van der Waals surface area contributed by atoms with E-state index in [1.807, 2.05) is 0 Å². The molecular weight excluding hydrogens is 315 g/mol. The van der Waals surface area contributed by atoms with Gasteiger partial charge in [0.15, 0.2) is 0 Å². The number of alkyl halides is 1. The van der Waals surface area contributed by atoms with Crippen LogP contribution in [0.2, 0.25) is 0 Å². The highest BCUT2D eigenvalue weighted by atomic mass is 127. The molecular formula is C8H17IN2O2S. The van der Waals surface area contributed by atoms with Crippen molar-refractivity contribution in [1.82, 2.24) is 4.90 Å². The largest absolute Gasteiger partial charge is 0.289 e. The number of likely N-dealkylation sites (tertiary alicyclic amines) is 1. The third kappa shape index (κ3) is 3.04. The molecule has 2 atom stereocenters. The predicted octanol–water partition coefficient (Wildman–Crippen LogP) is 0.909. The maximum Gasteiger partial charge on any atom is 0.212 e. The van der Waals surface area contributed by atoms with Crippen molar-refractivity contribution in [2.24, 2.45) is 5.14 Å². The summed E-state index contributed by atoms with van der Waals surface area (Å²) in [6.07, 6.45) is 1.31. The van der Waals surface area contributed by atoms with Crippen LogP contribution in [0.25, 0.3) is 0 Å². The Morgan fingerprint density at radius 1 is 1.50 bits per heavy atom. The van der Waals surface area contributed by atoms with Gasteiger partial charge in [0.05, 0.1) is 9.30 Å². The van der Waals surface area contributed by atoms with E-state index in [2.05, 4.69) is 41.3 Å². The number of halogens is 1. The number of hydrogen-bond donors (Lipinski definition) is 1. The van der Waals surface area contributed by atoms with Crippen LogP contribution in [0.4, 0.5) is 0 Å². The highest BCUT2D eigenvalue weighted by Crippen LogP contribution is 2.27. The van der Waals surface area contributed by atoms with Crippen molar-refractivity contribution >= 4 is 32.6 Å². The number of nitrogens with two attached hydrogens (primary N) is 1. The Bertz CT molecular complexity index is 292. The molecule has 4 nitrogen and oxygen atoms in total. The molecule has 0 amide bonds. The Kier molecular flexibility index (Phi) is 4.19. The molecule has 0 aromatic carbocycles. The molecule has 0 spiro atoms. The molecule has 2 N–H and O–H groups in total. The van der Waals surface area contributed by atoms with Crippen LogP contribution in [-0.2, 0) is 10.0 Å². The molecule has 14 heavy (non-hydrogen) atoms. The average Bonchev–Trinajstić information content (AvgIpc) is 2.01. The topological polar surface area (TPSA) is 63.4 Å². The summed E-state index contributed by atoms with van der Waals surface area (Å²) in [6, 6.07) is 0.471. The van der Waals surface area contributed by atoms with Gasteiger partial charge in [-0.05, 0) is 26.7 Å². The minimum Gasteiger partial charge on any atom is -0.289 e. The van der Waals surface area contributed by atoms with Gasteiger partial charge in [-0.2, -0.15) is 0 Å². The Balaban J connectivity index is 2.64. The fourth-order valence-corrected chi connectivity index (χ4v) is 4.55. The summed E-state index contributed by atoms with van der Waals surface area (Å²) in [7, 11) is -3.34. The Labute approximate surface area is 99.4 Å². The normalized spacial score (nSPS) is 30.9. The highest BCUT2D eigenvalue weighted by molar-refractivity contribution is 14.1. The molecule has 2 unspecified atom stereocenters. The first-order valence-corrected chi connectivity index (χ1v) is 7.59. The maximum atomic E-state index is 11.2. The summed E-state index contributed by atoms with van der Waals surface area (Å²) in [5, 5.41) is 4.80. The number of piperidine rings is 1. The van der Waals surface area contributed by atoms with E-state index in [1.165, 1.54) is 0 Å². The molecule has 0 saturated carbocycles. The van der Waals surface area contributed by atoms with Crippen LogP contribution in [0.3, 0.4) is 0 Å². The van der Waals surface area contributed by atoms with Crippen LogP contribution in [0.5, 0.6) is 0 Å². The highest BCUT2D eigenvalue weighted by Gasteiger charge is 2.33. The van der Waals surface area contributed by atoms with Crippen LogP contribution in [0, 0.1) is 0 Å². The number of hydrogen-bond acceptors (Lipinski definition) is 3. The SMILES string of the molecule is CC(C)N1CCC(S(N)(=O)=O)CC1I. The summed E-state index contributed by atoms with van der Waals surface area (Å²) in [6.45, 7) is 5.08. The van der Waals surface area contributed by atoms with Gasteiger partial charge in [-0.25, -0.2) is 13.6 Å². The lowest BCUT2D eigenvalue weighted by Crippen LogP contribution is -2.47. The van der Waals surface area contributed by atoms with Crippen LogP contribution >= 0.6 is 22.6 Å². The van der Waals surface area contributed by atoms with E-state index in [9.17, 15) is 8.42 Å². The lowest BCUT2D eigenvalue weighted by atomic mass is 10.1. The fourth-order valence-electron chi connectivity index (χ4n) is 1.78. The van der Waals surface area contributed by atoms with Gasteiger partial charge in [0.2, 0.25) is 10.0 Å². The van der Waals surface area contributed by atoms with E-state index in [0.717, 1.165) is 6.54 Å². The molecule has 1 heterocycles. The zero-order valence-corrected chi connectivity index (χ0v) is 11.5. The lowest BCUT2D eigenvalue weighted by molar-refractivity contribution is 0.175. The lowest BCUT2D eigenvalue weighted by Gasteiger charge is -2.38. The first-order chi connectivity index (χ1) is 6.32. The maximum absolute atomic E-state index is 11.2. The molecule has 1 aliphatic rings. The van der Waals surface area contributed by atoms with Gasteiger partial charge in [0.1, 0.15) is 0 Å². The summed E-state index contributed by atoms with van der Waals surface area (Å²) < 4.78 is 22.6. The molecule has 1 rings (SSSR count). The minimum absolute atomic E-state index is 0.282. The monoisotopic (exact) mass is 332 g/mol. The van der Waals surface area contributed by atoms with E-state index in [4.69, 9.17) is 5.14 Å². The average molecular weight is 332 g/mol.